The Morgan fingerprint density at radius 1 is 1.27 bits per heavy atom. The van der Waals surface area contributed by atoms with Crippen LogP contribution in [0.1, 0.15) is 11.1 Å². The van der Waals surface area contributed by atoms with Gasteiger partial charge in [0, 0.05) is 17.4 Å². The van der Waals surface area contributed by atoms with Crippen LogP contribution in [-0.4, -0.2) is 23.6 Å². The lowest BCUT2D eigenvalue weighted by molar-refractivity contribution is 0.407. The Hall–Kier alpha value is -2.47. The Labute approximate surface area is 133 Å². The van der Waals surface area contributed by atoms with E-state index >= 15 is 0 Å². The van der Waals surface area contributed by atoms with Gasteiger partial charge >= 0.3 is 0 Å². The summed E-state index contributed by atoms with van der Waals surface area (Å²) in [6.07, 6.45) is 1.54. The summed E-state index contributed by atoms with van der Waals surface area (Å²) in [4.78, 5) is 0. The summed E-state index contributed by atoms with van der Waals surface area (Å²) in [5, 5.41) is 17.7. The van der Waals surface area contributed by atoms with E-state index in [-0.39, 0.29) is 5.75 Å². The van der Waals surface area contributed by atoms with Crippen molar-refractivity contribution in [3.63, 3.8) is 0 Å². The first kappa shape index (κ1) is 15.9. The summed E-state index contributed by atoms with van der Waals surface area (Å²) in [7, 11) is 1.53. The molecule has 0 heterocycles. The van der Waals surface area contributed by atoms with Gasteiger partial charge in [0.2, 0.25) is 0 Å². The molecule has 0 aliphatic heterocycles. The average Bonchev–Trinajstić information content (AvgIpc) is 2.55. The molecule has 0 fully saturated rings. The third-order valence-corrected chi connectivity index (χ3v) is 3.65. The van der Waals surface area contributed by atoms with Crippen molar-refractivity contribution in [2.24, 2.45) is 15.9 Å². The second kappa shape index (κ2) is 8.09. The molecule has 6 heteroatoms. The number of nitrogens with two attached hydrogens (primary N) is 1. The Morgan fingerprint density at radius 3 is 2.77 bits per heavy atom. The molecule has 114 valence electrons. The quantitative estimate of drug-likeness (QED) is 0.505. The van der Waals surface area contributed by atoms with Crippen LogP contribution in [0, 0.1) is 0 Å². The molecule has 0 radical (unpaired) electrons. The first-order valence-electron chi connectivity index (χ1n) is 6.59. The average molecular weight is 315 g/mol. The maximum atomic E-state index is 9.39. The fourth-order valence-corrected chi connectivity index (χ4v) is 2.33. The highest BCUT2D eigenvalue weighted by Crippen LogP contribution is 2.22. The van der Waals surface area contributed by atoms with Crippen LogP contribution in [-0.2, 0) is 5.75 Å². The van der Waals surface area contributed by atoms with Gasteiger partial charge in [-0.1, -0.05) is 42.1 Å². The van der Waals surface area contributed by atoms with E-state index in [9.17, 15) is 5.11 Å². The van der Waals surface area contributed by atoms with Gasteiger partial charge in [-0.2, -0.15) is 5.10 Å². The first-order valence-corrected chi connectivity index (χ1v) is 7.58. The van der Waals surface area contributed by atoms with Gasteiger partial charge < -0.3 is 15.6 Å². The standard InChI is InChI=1S/C16H17N3O2S/c1-21-15-9-14(20)8-7-13(15)10-18-19-16(17)22-11-12-5-3-2-4-6-12/h2-10,20H,11H2,1H3,(H2,17,19). The third kappa shape index (κ3) is 4.82. The van der Waals surface area contributed by atoms with E-state index in [0.29, 0.717) is 16.5 Å². The summed E-state index contributed by atoms with van der Waals surface area (Å²) >= 11 is 1.42. The van der Waals surface area contributed by atoms with E-state index in [1.165, 1.54) is 36.7 Å². The van der Waals surface area contributed by atoms with E-state index in [1.807, 2.05) is 30.3 Å². The number of phenols is 1. The number of ether oxygens (including phenoxy) is 1. The lowest BCUT2D eigenvalue weighted by atomic mass is 10.2. The number of nitrogens with zero attached hydrogens (tertiary/aromatic N) is 2. The molecular weight excluding hydrogens is 298 g/mol. The first-order chi connectivity index (χ1) is 10.7. The number of hydrogen-bond acceptors (Lipinski definition) is 5. The van der Waals surface area contributed by atoms with Crippen molar-refractivity contribution in [2.45, 2.75) is 5.75 Å². The normalized spacial score (nSPS) is 11.8. The molecule has 0 aromatic heterocycles. The van der Waals surface area contributed by atoms with Crippen molar-refractivity contribution in [2.75, 3.05) is 7.11 Å². The molecule has 0 amide bonds. The molecule has 0 aliphatic rings. The van der Waals surface area contributed by atoms with Crippen molar-refractivity contribution < 1.29 is 9.84 Å². The summed E-state index contributed by atoms with van der Waals surface area (Å²) < 4.78 is 5.15. The van der Waals surface area contributed by atoms with E-state index in [2.05, 4.69) is 10.2 Å². The second-order valence-corrected chi connectivity index (χ2v) is 5.38. The van der Waals surface area contributed by atoms with Gasteiger partial charge in [-0.25, -0.2) is 0 Å². The molecule has 0 saturated carbocycles. The predicted octanol–water partition coefficient (Wildman–Crippen LogP) is 2.98. The minimum Gasteiger partial charge on any atom is -0.508 e. The molecule has 0 saturated heterocycles. The van der Waals surface area contributed by atoms with E-state index in [4.69, 9.17) is 10.5 Å². The Kier molecular flexibility index (Phi) is 5.85. The van der Waals surface area contributed by atoms with Crippen LogP contribution in [0.4, 0.5) is 0 Å². The fraction of sp³-hybridized carbons (Fsp3) is 0.125. The highest BCUT2D eigenvalue weighted by Gasteiger charge is 2.01. The largest absolute Gasteiger partial charge is 0.508 e. The molecule has 2 aromatic carbocycles. The van der Waals surface area contributed by atoms with Gasteiger partial charge in [-0.05, 0) is 17.7 Å². The number of thioether (sulfide) groups is 1. The van der Waals surface area contributed by atoms with E-state index in [0.717, 1.165) is 5.75 Å². The summed E-state index contributed by atoms with van der Waals surface area (Å²) in [5.41, 5.74) is 7.70. The van der Waals surface area contributed by atoms with Gasteiger partial charge in [0.15, 0.2) is 5.17 Å². The summed E-state index contributed by atoms with van der Waals surface area (Å²) in [6.45, 7) is 0. The number of benzene rings is 2. The molecule has 2 aromatic rings. The van der Waals surface area contributed by atoms with Crippen molar-refractivity contribution >= 4 is 23.1 Å². The highest BCUT2D eigenvalue weighted by atomic mass is 32.2. The predicted molar refractivity (Wildman–Crippen MR) is 91.6 cm³/mol. The van der Waals surface area contributed by atoms with E-state index < -0.39 is 0 Å². The zero-order valence-corrected chi connectivity index (χ0v) is 13.0. The molecule has 0 unspecified atom stereocenters. The zero-order chi connectivity index (χ0) is 15.8. The van der Waals surface area contributed by atoms with E-state index in [1.54, 1.807) is 12.1 Å². The SMILES string of the molecule is COc1cc(O)ccc1C=NN=C(N)SCc1ccccc1. The lowest BCUT2D eigenvalue weighted by Crippen LogP contribution is -2.06. The number of hydrogen-bond donors (Lipinski definition) is 2. The molecule has 0 bridgehead atoms. The van der Waals surface area contributed by atoms with Gasteiger partial charge in [-0.3, -0.25) is 0 Å². The Bertz CT molecular complexity index is 672. The van der Waals surface area contributed by atoms with Crippen LogP contribution in [0.3, 0.4) is 0 Å². The van der Waals surface area contributed by atoms with Crippen molar-refractivity contribution in [1.82, 2.24) is 0 Å². The number of amidine groups is 1. The van der Waals surface area contributed by atoms with Crippen molar-refractivity contribution in [3.05, 3.63) is 59.7 Å². The molecular formula is C16H17N3O2S. The molecule has 5 nitrogen and oxygen atoms in total. The van der Waals surface area contributed by atoms with Crippen LogP contribution in [0.2, 0.25) is 0 Å². The van der Waals surface area contributed by atoms with Gasteiger partial charge in [0.25, 0.3) is 0 Å². The van der Waals surface area contributed by atoms with Crippen LogP contribution in [0.25, 0.3) is 0 Å². The topological polar surface area (TPSA) is 80.2 Å². The van der Waals surface area contributed by atoms with Crippen molar-refractivity contribution in [3.8, 4) is 11.5 Å². The maximum Gasteiger partial charge on any atom is 0.180 e. The van der Waals surface area contributed by atoms with Crippen LogP contribution >= 0.6 is 11.8 Å². The molecule has 0 atom stereocenters. The number of methoxy groups -OCH3 is 1. The molecule has 0 aliphatic carbocycles. The minimum absolute atomic E-state index is 0.135. The van der Waals surface area contributed by atoms with Gasteiger partial charge in [0.1, 0.15) is 11.5 Å². The van der Waals surface area contributed by atoms with Crippen LogP contribution < -0.4 is 10.5 Å². The van der Waals surface area contributed by atoms with Crippen LogP contribution in [0.5, 0.6) is 11.5 Å². The molecule has 22 heavy (non-hydrogen) atoms. The van der Waals surface area contributed by atoms with Crippen molar-refractivity contribution in [1.29, 1.82) is 0 Å². The number of aromatic hydroxyl groups is 1. The Balaban J connectivity index is 1.95. The summed E-state index contributed by atoms with van der Waals surface area (Å²) in [5.74, 6) is 1.40. The monoisotopic (exact) mass is 315 g/mol. The third-order valence-electron chi connectivity index (χ3n) is 2.80. The molecule has 2 rings (SSSR count). The summed E-state index contributed by atoms with van der Waals surface area (Å²) in [6, 6.07) is 14.8. The second-order valence-electron chi connectivity index (χ2n) is 4.38. The number of phenolic OH excluding ortho intramolecular Hbond substituents is 1. The number of rotatable bonds is 5. The highest BCUT2D eigenvalue weighted by molar-refractivity contribution is 8.13. The molecule has 0 spiro atoms. The van der Waals surface area contributed by atoms with Gasteiger partial charge in [0.05, 0.1) is 13.3 Å². The minimum atomic E-state index is 0.135. The smallest absolute Gasteiger partial charge is 0.180 e. The van der Waals surface area contributed by atoms with Gasteiger partial charge in [-0.15, -0.1) is 5.10 Å². The van der Waals surface area contributed by atoms with Crippen LogP contribution in [0.15, 0.2) is 58.7 Å². The fourth-order valence-electron chi connectivity index (χ4n) is 1.71. The molecule has 3 N–H and O–H groups in total. The lowest BCUT2D eigenvalue weighted by Gasteiger charge is -2.03. The Morgan fingerprint density at radius 2 is 2.05 bits per heavy atom. The zero-order valence-electron chi connectivity index (χ0n) is 12.1. The maximum absolute atomic E-state index is 9.39.